The SMILES string of the molecule is CCN(C(=O)COC(=O)c1ccc(O)cc1O)c1nc2ccccc2s1. The van der Waals surface area contributed by atoms with Crippen molar-refractivity contribution in [1.29, 1.82) is 0 Å². The van der Waals surface area contributed by atoms with Gasteiger partial charge in [-0.1, -0.05) is 23.5 Å². The first-order chi connectivity index (χ1) is 12.5. The van der Waals surface area contributed by atoms with Crippen LogP contribution in [0.5, 0.6) is 11.5 Å². The lowest BCUT2D eigenvalue weighted by Gasteiger charge is -2.17. The smallest absolute Gasteiger partial charge is 0.342 e. The number of thiazole rings is 1. The number of carbonyl (C=O) groups excluding carboxylic acids is 2. The van der Waals surface area contributed by atoms with E-state index in [0.717, 1.165) is 16.3 Å². The number of hydrogen-bond acceptors (Lipinski definition) is 7. The summed E-state index contributed by atoms with van der Waals surface area (Å²) in [6.45, 7) is 1.70. The van der Waals surface area contributed by atoms with E-state index in [1.807, 2.05) is 24.3 Å². The number of hydrogen-bond donors (Lipinski definition) is 2. The van der Waals surface area contributed by atoms with E-state index in [0.29, 0.717) is 11.7 Å². The molecular weight excluding hydrogens is 356 g/mol. The molecule has 3 aromatic rings. The Hall–Kier alpha value is -3.13. The van der Waals surface area contributed by atoms with E-state index in [4.69, 9.17) is 4.74 Å². The summed E-state index contributed by atoms with van der Waals surface area (Å²) in [5.74, 6) is -1.86. The summed E-state index contributed by atoms with van der Waals surface area (Å²) in [6, 6.07) is 11.0. The van der Waals surface area contributed by atoms with Gasteiger partial charge in [-0.15, -0.1) is 0 Å². The van der Waals surface area contributed by atoms with Gasteiger partial charge in [0.05, 0.1) is 10.2 Å². The van der Waals surface area contributed by atoms with Crippen LogP contribution in [0.3, 0.4) is 0 Å². The van der Waals surface area contributed by atoms with Crippen LogP contribution >= 0.6 is 11.3 Å². The van der Waals surface area contributed by atoms with Crippen molar-refractivity contribution in [1.82, 2.24) is 4.98 Å². The average molecular weight is 372 g/mol. The third kappa shape index (κ3) is 3.60. The largest absolute Gasteiger partial charge is 0.508 e. The molecule has 1 aromatic heterocycles. The van der Waals surface area contributed by atoms with E-state index in [-0.39, 0.29) is 11.3 Å². The molecule has 0 atom stereocenters. The van der Waals surface area contributed by atoms with Crippen molar-refractivity contribution in [2.24, 2.45) is 0 Å². The lowest BCUT2D eigenvalue weighted by molar-refractivity contribution is -0.121. The highest BCUT2D eigenvalue weighted by Crippen LogP contribution is 2.28. The Morgan fingerprint density at radius 1 is 1.19 bits per heavy atom. The predicted octanol–water partition coefficient (Wildman–Crippen LogP) is 2.92. The van der Waals surface area contributed by atoms with E-state index in [1.54, 1.807) is 6.92 Å². The molecule has 8 heteroatoms. The summed E-state index contributed by atoms with van der Waals surface area (Å²) in [4.78, 5) is 30.3. The lowest BCUT2D eigenvalue weighted by atomic mass is 10.2. The third-order valence-corrected chi connectivity index (χ3v) is 4.72. The zero-order valence-corrected chi connectivity index (χ0v) is 14.7. The summed E-state index contributed by atoms with van der Waals surface area (Å²) < 4.78 is 5.95. The van der Waals surface area contributed by atoms with Gasteiger partial charge in [-0.2, -0.15) is 0 Å². The number of carbonyl (C=O) groups is 2. The van der Waals surface area contributed by atoms with Gasteiger partial charge in [-0.25, -0.2) is 9.78 Å². The molecule has 134 valence electrons. The molecule has 0 bridgehead atoms. The van der Waals surface area contributed by atoms with Gasteiger partial charge in [-0.3, -0.25) is 9.69 Å². The fourth-order valence-corrected chi connectivity index (χ4v) is 3.42. The number of phenolic OH excluding ortho intramolecular Hbond substituents is 2. The summed E-state index contributed by atoms with van der Waals surface area (Å²) in [5, 5.41) is 19.5. The topological polar surface area (TPSA) is 100.0 Å². The zero-order chi connectivity index (χ0) is 18.7. The molecule has 2 aromatic carbocycles. The summed E-state index contributed by atoms with van der Waals surface area (Å²) >= 11 is 1.38. The minimum Gasteiger partial charge on any atom is -0.508 e. The summed E-state index contributed by atoms with van der Waals surface area (Å²) in [7, 11) is 0. The molecule has 0 aliphatic rings. The van der Waals surface area contributed by atoms with Crippen LogP contribution in [0, 0.1) is 0 Å². The number of anilines is 1. The minimum atomic E-state index is -0.851. The van der Waals surface area contributed by atoms with E-state index in [1.165, 1.54) is 28.4 Å². The van der Waals surface area contributed by atoms with Crippen molar-refractivity contribution >= 4 is 38.6 Å². The van der Waals surface area contributed by atoms with Gasteiger partial charge in [0.15, 0.2) is 11.7 Å². The first-order valence-corrected chi connectivity index (χ1v) is 8.66. The van der Waals surface area contributed by atoms with Crippen LogP contribution < -0.4 is 4.90 Å². The fraction of sp³-hybridized carbons (Fsp3) is 0.167. The number of likely N-dealkylation sites (N-methyl/N-ethyl adjacent to an activating group) is 1. The third-order valence-electron chi connectivity index (χ3n) is 3.66. The maximum Gasteiger partial charge on any atom is 0.342 e. The number of amides is 1. The Kier molecular flexibility index (Phi) is 5.04. The van der Waals surface area contributed by atoms with E-state index in [9.17, 15) is 19.8 Å². The molecule has 0 unspecified atom stereocenters. The minimum absolute atomic E-state index is 0.126. The molecule has 0 fully saturated rings. The van der Waals surface area contributed by atoms with Crippen molar-refractivity contribution in [2.75, 3.05) is 18.1 Å². The lowest BCUT2D eigenvalue weighted by Crippen LogP contribution is -2.34. The van der Waals surface area contributed by atoms with Crippen LogP contribution in [0.25, 0.3) is 10.2 Å². The van der Waals surface area contributed by atoms with Gasteiger partial charge in [0.2, 0.25) is 0 Å². The van der Waals surface area contributed by atoms with Crippen LogP contribution in [0.1, 0.15) is 17.3 Å². The van der Waals surface area contributed by atoms with Crippen LogP contribution in [0.2, 0.25) is 0 Å². The Bertz CT molecular complexity index is 936. The number of para-hydroxylation sites is 1. The number of fused-ring (bicyclic) bond motifs is 1. The van der Waals surface area contributed by atoms with Crippen molar-refractivity contribution in [3.05, 3.63) is 48.0 Å². The van der Waals surface area contributed by atoms with Crippen molar-refractivity contribution in [3.8, 4) is 11.5 Å². The fourth-order valence-electron chi connectivity index (χ4n) is 2.37. The van der Waals surface area contributed by atoms with E-state index in [2.05, 4.69) is 4.98 Å². The monoisotopic (exact) mass is 372 g/mol. The molecule has 3 rings (SSSR count). The van der Waals surface area contributed by atoms with Gasteiger partial charge in [-0.05, 0) is 31.2 Å². The normalized spacial score (nSPS) is 10.7. The maximum atomic E-state index is 12.4. The predicted molar refractivity (Wildman–Crippen MR) is 97.7 cm³/mol. The van der Waals surface area contributed by atoms with Crippen molar-refractivity contribution in [3.63, 3.8) is 0 Å². The Labute approximate surface area is 153 Å². The first kappa shape index (κ1) is 17.7. The van der Waals surface area contributed by atoms with Crippen LogP contribution in [-0.4, -0.2) is 40.2 Å². The number of phenols is 2. The number of rotatable bonds is 5. The van der Waals surface area contributed by atoms with Crippen LogP contribution in [0.15, 0.2) is 42.5 Å². The highest BCUT2D eigenvalue weighted by molar-refractivity contribution is 7.22. The van der Waals surface area contributed by atoms with Gasteiger partial charge in [0, 0.05) is 12.6 Å². The number of esters is 1. The molecule has 0 aliphatic heterocycles. The van der Waals surface area contributed by atoms with Gasteiger partial charge < -0.3 is 14.9 Å². The molecule has 2 N–H and O–H groups in total. The molecule has 1 heterocycles. The highest BCUT2D eigenvalue weighted by atomic mass is 32.1. The number of aromatic hydroxyl groups is 2. The number of nitrogens with zero attached hydrogens (tertiary/aromatic N) is 2. The number of benzene rings is 2. The molecule has 26 heavy (non-hydrogen) atoms. The molecule has 0 aliphatic carbocycles. The Morgan fingerprint density at radius 2 is 1.96 bits per heavy atom. The first-order valence-electron chi connectivity index (χ1n) is 7.84. The molecule has 1 amide bonds. The molecule has 0 saturated heterocycles. The maximum absolute atomic E-state index is 12.4. The molecule has 7 nitrogen and oxygen atoms in total. The van der Waals surface area contributed by atoms with E-state index >= 15 is 0 Å². The average Bonchev–Trinajstić information content (AvgIpc) is 3.04. The number of ether oxygens (including phenoxy) is 1. The van der Waals surface area contributed by atoms with Gasteiger partial charge in [0.25, 0.3) is 5.91 Å². The Balaban J connectivity index is 1.70. The second-order valence-electron chi connectivity index (χ2n) is 5.38. The second-order valence-corrected chi connectivity index (χ2v) is 6.39. The standard InChI is InChI=1S/C18H16N2O5S/c1-2-20(18-19-13-5-3-4-6-15(13)26-18)16(23)10-25-17(24)12-8-7-11(21)9-14(12)22/h3-9,21-22H,2,10H2,1H3. The van der Waals surface area contributed by atoms with Gasteiger partial charge >= 0.3 is 5.97 Å². The summed E-state index contributed by atoms with van der Waals surface area (Å²) in [6.07, 6.45) is 0. The van der Waals surface area contributed by atoms with Crippen LogP contribution in [0.4, 0.5) is 5.13 Å². The highest BCUT2D eigenvalue weighted by Gasteiger charge is 2.21. The molecule has 0 radical (unpaired) electrons. The van der Waals surface area contributed by atoms with Crippen molar-refractivity contribution in [2.45, 2.75) is 6.92 Å². The Morgan fingerprint density at radius 3 is 2.65 bits per heavy atom. The second kappa shape index (κ2) is 7.40. The van der Waals surface area contributed by atoms with Gasteiger partial charge in [0.1, 0.15) is 17.1 Å². The molecular formula is C18H16N2O5S. The van der Waals surface area contributed by atoms with Crippen LogP contribution in [-0.2, 0) is 9.53 Å². The molecule has 0 spiro atoms. The van der Waals surface area contributed by atoms with E-state index < -0.39 is 24.2 Å². The summed E-state index contributed by atoms with van der Waals surface area (Å²) in [5.41, 5.74) is 0.670. The molecule has 0 saturated carbocycles. The zero-order valence-electron chi connectivity index (χ0n) is 13.9. The quantitative estimate of drug-likeness (QED) is 0.668. The van der Waals surface area contributed by atoms with Crippen molar-refractivity contribution < 1.29 is 24.5 Å². The number of aromatic nitrogens is 1.